The molecule has 2 aromatic rings. The molecule has 1 amide bonds. The Kier molecular flexibility index (Phi) is 6.34. The third kappa shape index (κ3) is 4.82. The van der Waals surface area contributed by atoms with Crippen LogP contribution in [0.3, 0.4) is 0 Å². The van der Waals surface area contributed by atoms with Crippen LogP contribution < -0.4 is 4.74 Å². The number of aromatic nitrogens is 1. The summed E-state index contributed by atoms with van der Waals surface area (Å²) in [5.41, 5.74) is 1.21. The second-order valence-corrected chi connectivity index (χ2v) is 9.81. The Morgan fingerprint density at radius 2 is 1.80 bits per heavy atom. The molecule has 1 aromatic heterocycles. The van der Waals surface area contributed by atoms with Gasteiger partial charge in [-0.05, 0) is 43.4 Å². The topological polar surface area (TPSA) is 79.8 Å². The first-order chi connectivity index (χ1) is 14.5. The molecule has 2 fully saturated rings. The van der Waals surface area contributed by atoms with Crippen LogP contribution in [0.4, 0.5) is 0 Å². The molecular weight excluding hydrogens is 402 g/mol. The van der Waals surface area contributed by atoms with Crippen LogP contribution in [0.1, 0.15) is 41.6 Å². The number of ether oxygens (including phenoxy) is 1. The molecule has 3 heterocycles. The standard InChI is InChI=1S/C22H27N3O4S/c26-22(24-13-5-2-6-14-24)20-10-7-12-23-21(20)29-19-11-15-25(16-19)30(27,28)17-18-8-3-1-4-9-18/h1,3-4,7-10,12,19H,2,5-6,11,13-17H2. The van der Waals surface area contributed by atoms with E-state index in [4.69, 9.17) is 4.74 Å². The van der Waals surface area contributed by atoms with Gasteiger partial charge in [-0.2, -0.15) is 4.31 Å². The highest BCUT2D eigenvalue weighted by atomic mass is 32.2. The quantitative estimate of drug-likeness (QED) is 0.705. The molecule has 0 saturated carbocycles. The summed E-state index contributed by atoms with van der Waals surface area (Å²) >= 11 is 0. The Bertz CT molecular complexity index is 975. The molecule has 1 aromatic carbocycles. The van der Waals surface area contributed by atoms with Crippen molar-refractivity contribution >= 4 is 15.9 Å². The van der Waals surface area contributed by atoms with Gasteiger partial charge in [-0.1, -0.05) is 30.3 Å². The fraction of sp³-hybridized carbons (Fsp3) is 0.455. The van der Waals surface area contributed by atoms with Crippen LogP contribution in [-0.4, -0.2) is 60.8 Å². The fourth-order valence-electron chi connectivity index (χ4n) is 4.00. The molecule has 1 atom stereocenters. The van der Waals surface area contributed by atoms with Gasteiger partial charge < -0.3 is 9.64 Å². The first-order valence-electron chi connectivity index (χ1n) is 10.5. The van der Waals surface area contributed by atoms with Crippen molar-refractivity contribution in [3.8, 4) is 5.88 Å². The zero-order valence-corrected chi connectivity index (χ0v) is 17.8. The van der Waals surface area contributed by atoms with Crippen LogP contribution in [0.25, 0.3) is 0 Å². The minimum atomic E-state index is -3.42. The van der Waals surface area contributed by atoms with Crippen LogP contribution in [0, 0.1) is 0 Å². The number of hydrogen-bond donors (Lipinski definition) is 0. The lowest BCUT2D eigenvalue weighted by atomic mass is 10.1. The van der Waals surface area contributed by atoms with Gasteiger partial charge in [0.15, 0.2) is 0 Å². The number of rotatable bonds is 6. The maximum atomic E-state index is 12.9. The summed E-state index contributed by atoms with van der Waals surface area (Å²) in [4.78, 5) is 19.0. The zero-order valence-electron chi connectivity index (χ0n) is 16.9. The van der Waals surface area contributed by atoms with Gasteiger partial charge in [0.1, 0.15) is 11.7 Å². The van der Waals surface area contributed by atoms with E-state index in [1.54, 1.807) is 18.3 Å². The van der Waals surface area contributed by atoms with Gasteiger partial charge in [-0.15, -0.1) is 0 Å². The van der Waals surface area contributed by atoms with Gasteiger partial charge in [0.05, 0.1) is 12.3 Å². The second kappa shape index (κ2) is 9.14. The average molecular weight is 430 g/mol. The van der Waals surface area contributed by atoms with Gasteiger partial charge in [-0.3, -0.25) is 4.79 Å². The number of sulfonamides is 1. The van der Waals surface area contributed by atoms with Crippen molar-refractivity contribution in [2.24, 2.45) is 0 Å². The minimum absolute atomic E-state index is 0.0250. The molecule has 0 bridgehead atoms. The third-order valence-electron chi connectivity index (χ3n) is 5.62. The second-order valence-electron chi connectivity index (χ2n) is 7.84. The average Bonchev–Trinajstić information content (AvgIpc) is 3.24. The zero-order chi connectivity index (χ0) is 21.0. The molecule has 0 spiro atoms. The molecular formula is C22H27N3O4S. The van der Waals surface area contributed by atoms with Crippen molar-refractivity contribution in [3.05, 3.63) is 59.8 Å². The molecule has 160 valence electrons. The van der Waals surface area contributed by atoms with Crippen LogP contribution in [-0.2, 0) is 15.8 Å². The molecule has 30 heavy (non-hydrogen) atoms. The highest BCUT2D eigenvalue weighted by Gasteiger charge is 2.33. The molecule has 1 unspecified atom stereocenters. The summed E-state index contributed by atoms with van der Waals surface area (Å²) in [5, 5.41) is 0. The van der Waals surface area contributed by atoms with E-state index in [1.807, 2.05) is 35.2 Å². The summed E-state index contributed by atoms with van der Waals surface area (Å²) in [6.45, 7) is 2.18. The number of nitrogens with zero attached hydrogens (tertiary/aromatic N) is 3. The lowest BCUT2D eigenvalue weighted by molar-refractivity contribution is 0.0715. The number of piperidine rings is 1. The lowest BCUT2D eigenvalue weighted by Gasteiger charge is -2.27. The van der Waals surface area contributed by atoms with E-state index in [2.05, 4.69) is 4.98 Å². The molecule has 4 rings (SSSR count). The van der Waals surface area contributed by atoms with Crippen molar-refractivity contribution < 1.29 is 17.9 Å². The number of carbonyl (C=O) groups is 1. The third-order valence-corrected chi connectivity index (χ3v) is 7.43. The summed E-state index contributed by atoms with van der Waals surface area (Å²) < 4.78 is 33.1. The molecule has 2 aliphatic heterocycles. The summed E-state index contributed by atoms with van der Waals surface area (Å²) in [7, 11) is -3.42. The largest absolute Gasteiger partial charge is 0.472 e. The van der Waals surface area contributed by atoms with Crippen molar-refractivity contribution in [1.82, 2.24) is 14.2 Å². The maximum absolute atomic E-state index is 12.9. The van der Waals surface area contributed by atoms with E-state index >= 15 is 0 Å². The molecule has 0 N–H and O–H groups in total. The number of likely N-dealkylation sites (tertiary alicyclic amines) is 1. The fourth-order valence-corrected chi connectivity index (χ4v) is 5.57. The Balaban J connectivity index is 1.42. The van der Waals surface area contributed by atoms with Gasteiger partial charge in [0.2, 0.25) is 15.9 Å². The molecule has 0 aliphatic carbocycles. The lowest BCUT2D eigenvalue weighted by Crippen LogP contribution is -2.36. The number of benzene rings is 1. The van der Waals surface area contributed by atoms with Crippen molar-refractivity contribution in [2.45, 2.75) is 37.5 Å². The Morgan fingerprint density at radius 1 is 1.03 bits per heavy atom. The molecule has 7 nitrogen and oxygen atoms in total. The highest BCUT2D eigenvalue weighted by Crippen LogP contribution is 2.25. The molecule has 0 radical (unpaired) electrons. The predicted octanol–water partition coefficient (Wildman–Crippen LogP) is 2.69. The molecule has 8 heteroatoms. The predicted molar refractivity (Wildman–Crippen MR) is 114 cm³/mol. The molecule has 2 aliphatic rings. The Labute approximate surface area is 177 Å². The van der Waals surface area contributed by atoms with E-state index in [9.17, 15) is 13.2 Å². The summed E-state index contributed by atoms with van der Waals surface area (Å²) in [5.74, 6) is 0.202. The van der Waals surface area contributed by atoms with Gasteiger partial charge in [-0.25, -0.2) is 13.4 Å². The first-order valence-corrected chi connectivity index (χ1v) is 12.1. The van der Waals surface area contributed by atoms with Gasteiger partial charge >= 0.3 is 0 Å². The van der Waals surface area contributed by atoms with Crippen molar-refractivity contribution in [2.75, 3.05) is 26.2 Å². The van der Waals surface area contributed by atoms with Gasteiger partial charge in [0.25, 0.3) is 5.91 Å². The van der Waals surface area contributed by atoms with Crippen molar-refractivity contribution in [3.63, 3.8) is 0 Å². The maximum Gasteiger partial charge on any atom is 0.259 e. The van der Waals surface area contributed by atoms with E-state index in [0.717, 1.165) is 37.9 Å². The summed E-state index contributed by atoms with van der Waals surface area (Å²) in [6.07, 6.45) is 5.02. The number of amides is 1. The molecule has 2 saturated heterocycles. The number of carbonyl (C=O) groups excluding carboxylic acids is 1. The van der Waals surface area contributed by atoms with E-state index < -0.39 is 10.0 Å². The van der Waals surface area contributed by atoms with E-state index in [0.29, 0.717) is 24.4 Å². The van der Waals surface area contributed by atoms with Crippen molar-refractivity contribution in [1.29, 1.82) is 0 Å². The smallest absolute Gasteiger partial charge is 0.259 e. The SMILES string of the molecule is O=C(c1cccnc1OC1CCN(S(=O)(=O)Cc2ccccc2)C1)N1CCCCC1. The highest BCUT2D eigenvalue weighted by molar-refractivity contribution is 7.88. The van der Waals surface area contributed by atoms with Crippen LogP contribution in [0.2, 0.25) is 0 Å². The van der Waals surface area contributed by atoms with Gasteiger partial charge in [0, 0.05) is 25.8 Å². The van der Waals surface area contributed by atoms with Crippen LogP contribution in [0.15, 0.2) is 48.7 Å². The van der Waals surface area contributed by atoms with Crippen LogP contribution >= 0.6 is 0 Å². The normalized spacial score (nSPS) is 20.3. The Morgan fingerprint density at radius 3 is 2.57 bits per heavy atom. The minimum Gasteiger partial charge on any atom is -0.472 e. The monoisotopic (exact) mass is 429 g/mol. The van der Waals surface area contributed by atoms with E-state index in [1.165, 1.54) is 4.31 Å². The Hall–Kier alpha value is -2.45. The van der Waals surface area contributed by atoms with E-state index in [-0.39, 0.29) is 24.3 Å². The number of pyridine rings is 1. The van der Waals surface area contributed by atoms with Crippen LogP contribution in [0.5, 0.6) is 5.88 Å². The number of hydrogen-bond acceptors (Lipinski definition) is 5. The first kappa shape index (κ1) is 20.8. The summed E-state index contributed by atoms with van der Waals surface area (Å²) in [6, 6.07) is 12.6.